The van der Waals surface area contributed by atoms with Crippen molar-refractivity contribution in [3.05, 3.63) is 70.8 Å². The second-order valence-electron chi connectivity index (χ2n) is 4.94. The Morgan fingerprint density at radius 1 is 1.10 bits per heavy atom. The zero-order valence-corrected chi connectivity index (χ0v) is 11.8. The van der Waals surface area contributed by atoms with E-state index in [1.807, 2.05) is 38.1 Å². The summed E-state index contributed by atoms with van der Waals surface area (Å²) in [5, 5.41) is 3.29. The first-order valence-electron chi connectivity index (χ1n) is 6.87. The third-order valence-corrected chi connectivity index (χ3v) is 3.27. The van der Waals surface area contributed by atoms with Crippen LogP contribution in [0.4, 0.5) is 8.78 Å². The molecule has 20 heavy (non-hydrogen) atoms. The van der Waals surface area contributed by atoms with Gasteiger partial charge < -0.3 is 5.32 Å². The molecule has 1 unspecified atom stereocenters. The molecule has 2 rings (SSSR count). The van der Waals surface area contributed by atoms with Gasteiger partial charge in [0.1, 0.15) is 0 Å². The second-order valence-corrected chi connectivity index (χ2v) is 4.94. The number of halogens is 2. The van der Waals surface area contributed by atoms with Gasteiger partial charge in [-0.05, 0) is 31.5 Å². The quantitative estimate of drug-likeness (QED) is 0.854. The van der Waals surface area contributed by atoms with Crippen LogP contribution in [0.15, 0.2) is 42.5 Å². The van der Waals surface area contributed by atoms with Crippen LogP contribution in [0.3, 0.4) is 0 Å². The van der Waals surface area contributed by atoms with E-state index < -0.39 is 11.6 Å². The highest BCUT2D eigenvalue weighted by Gasteiger charge is 2.19. The largest absolute Gasteiger partial charge is 0.306 e. The van der Waals surface area contributed by atoms with E-state index >= 15 is 0 Å². The van der Waals surface area contributed by atoms with Crippen LogP contribution in [0, 0.1) is 18.6 Å². The summed E-state index contributed by atoms with van der Waals surface area (Å²) < 4.78 is 27.5. The molecule has 0 saturated heterocycles. The molecule has 0 saturated carbocycles. The van der Waals surface area contributed by atoms with Crippen LogP contribution >= 0.6 is 0 Å². The van der Waals surface area contributed by atoms with Gasteiger partial charge in [-0.1, -0.05) is 48.9 Å². The fourth-order valence-electron chi connectivity index (χ4n) is 2.29. The van der Waals surface area contributed by atoms with E-state index in [9.17, 15) is 8.78 Å². The third-order valence-electron chi connectivity index (χ3n) is 3.27. The lowest BCUT2D eigenvalue weighted by molar-refractivity contribution is 0.480. The first kappa shape index (κ1) is 14.7. The Bertz CT molecular complexity index is 581. The monoisotopic (exact) mass is 275 g/mol. The summed E-state index contributed by atoms with van der Waals surface area (Å²) in [6, 6.07) is 11.8. The maximum absolute atomic E-state index is 14.1. The average molecular weight is 275 g/mol. The topological polar surface area (TPSA) is 12.0 Å². The summed E-state index contributed by atoms with van der Waals surface area (Å²) in [7, 11) is 0. The summed E-state index contributed by atoms with van der Waals surface area (Å²) in [6.07, 6.45) is 0.930. The van der Waals surface area contributed by atoms with Crippen LogP contribution in [0.1, 0.15) is 36.1 Å². The Morgan fingerprint density at radius 3 is 2.55 bits per heavy atom. The van der Waals surface area contributed by atoms with Gasteiger partial charge in [0, 0.05) is 5.56 Å². The van der Waals surface area contributed by atoms with E-state index in [1.165, 1.54) is 0 Å². The van der Waals surface area contributed by atoms with E-state index in [1.54, 1.807) is 12.1 Å². The average Bonchev–Trinajstić information content (AvgIpc) is 2.44. The molecule has 1 nitrogen and oxygen atoms in total. The predicted octanol–water partition coefficient (Wildman–Crippen LogP) is 4.36. The Hall–Kier alpha value is -1.74. The Balaban J connectivity index is 2.44. The smallest absolute Gasteiger partial charge is 0.163 e. The van der Waals surface area contributed by atoms with Gasteiger partial charge in [0.25, 0.3) is 0 Å². The molecule has 1 N–H and O–H groups in total. The molecule has 0 amide bonds. The summed E-state index contributed by atoms with van der Waals surface area (Å²) in [5.74, 6) is -1.58. The molecule has 0 aromatic heterocycles. The molecule has 0 aliphatic rings. The maximum atomic E-state index is 14.1. The predicted molar refractivity (Wildman–Crippen MR) is 77.7 cm³/mol. The molecule has 0 radical (unpaired) electrons. The van der Waals surface area contributed by atoms with Crippen LogP contribution in [-0.2, 0) is 0 Å². The van der Waals surface area contributed by atoms with E-state index in [0.29, 0.717) is 5.56 Å². The first-order chi connectivity index (χ1) is 9.63. The van der Waals surface area contributed by atoms with Gasteiger partial charge in [0.15, 0.2) is 11.6 Å². The van der Waals surface area contributed by atoms with Crippen molar-refractivity contribution in [2.24, 2.45) is 0 Å². The summed E-state index contributed by atoms with van der Waals surface area (Å²) in [6.45, 7) is 4.78. The highest BCUT2D eigenvalue weighted by molar-refractivity contribution is 5.35. The minimum absolute atomic E-state index is 0.328. The van der Waals surface area contributed by atoms with Crippen molar-refractivity contribution in [3.8, 4) is 0 Å². The molecule has 3 heteroatoms. The highest BCUT2D eigenvalue weighted by Crippen LogP contribution is 2.26. The second kappa shape index (κ2) is 6.62. The third kappa shape index (κ3) is 3.23. The van der Waals surface area contributed by atoms with Gasteiger partial charge >= 0.3 is 0 Å². The van der Waals surface area contributed by atoms with Gasteiger partial charge in [-0.3, -0.25) is 0 Å². The molecule has 0 spiro atoms. The molecule has 0 aliphatic carbocycles. The van der Waals surface area contributed by atoms with Crippen molar-refractivity contribution in [2.45, 2.75) is 26.3 Å². The van der Waals surface area contributed by atoms with Crippen molar-refractivity contribution in [1.82, 2.24) is 5.32 Å². The highest BCUT2D eigenvalue weighted by atomic mass is 19.2. The molecule has 0 bridgehead atoms. The number of nitrogens with one attached hydrogen (secondary N) is 1. The molecule has 0 heterocycles. The molecular formula is C17H19F2N. The lowest BCUT2D eigenvalue weighted by Crippen LogP contribution is -2.24. The number of rotatable bonds is 5. The Labute approximate surface area is 118 Å². The first-order valence-corrected chi connectivity index (χ1v) is 6.87. The van der Waals surface area contributed by atoms with Crippen molar-refractivity contribution in [1.29, 1.82) is 0 Å². The lowest BCUT2D eigenvalue weighted by Gasteiger charge is -2.20. The molecule has 2 aromatic rings. The van der Waals surface area contributed by atoms with Crippen LogP contribution in [0.5, 0.6) is 0 Å². The summed E-state index contributed by atoms with van der Waals surface area (Å²) >= 11 is 0. The van der Waals surface area contributed by atoms with Crippen molar-refractivity contribution >= 4 is 0 Å². The van der Waals surface area contributed by atoms with Gasteiger partial charge in [-0.15, -0.1) is 0 Å². The van der Waals surface area contributed by atoms with Gasteiger partial charge in [0.05, 0.1) is 6.04 Å². The Kier molecular flexibility index (Phi) is 4.85. The minimum atomic E-state index is -0.807. The summed E-state index contributed by atoms with van der Waals surface area (Å²) in [5.41, 5.74) is 2.40. The van der Waals surface area contributed by atoms with E-state index in [0.717, 1.165) is 30.2 Å². The number of hydrogen-bond acceptors (Lipinski definition) is 1. The minimum Gasteiger partial charge on any atom is -0.306 e. The maximum Gasteiger partial charge on any atom is 0.163 e. The zero-order valence-electron chi connectivity index (χ0n) is 11.8. The van der Waals surface area contributed by atoms with Crippen LogP contribution in [0.25, 0.3) is 0 Å². The van der Waals surface area contributed by atoms with Crippen molar-refractivity contribution in [3.63, 3.8) is 0 Å². The molecule has 2 aromatic carbocycles. The molecule has 0 aliphatic heterocycles. The molecular weight excluding hydrogens is 256 g/mol. The Morgan fingerprint density at radius 2 is 1.85 bits per heavy atom. The zero-order chi connectivity index (χ0) is 14.5. The SMILES string of the molecule is CCCNC(c1cccc(C)c1)c1cccc(F)c1F. The van der Waals surface area contributed by atoms with E-state index in [4.69, 9.17) is 0 Å². The van der Waals surface area contributed by atoms with Crippen LogP contribution in [0.2, 0.25) is 0 Å². The van der Waals surface area contributed by atoms with Crippen LogP contribution < -0.4 is 5.32 Å². The van der Waals surface area contributed by atoms with Gasteiger partial charge in [-0.2, -0.15) is 0 Å². The molecule has 1 atom stereocenters. The number of aryl methyl sites for hydroxylation is 1. The van der Waals surface area contributed by atoms with Gasteiger partial charge in [0.2, 0.25) is 0 Å². The normalized spacial score (nSPS) is 12.4. The summed E-state index contributed by atoms with van der Waals surface area (Å²) in [4.78, 5) is 0. The fourth-order valence-corrected chi connectivity index (χ4v) is 2.29. The standard InChI is InChI=1S/C17H19F2N/c1-3-10-20-17(13-7-4-6-12(2)11-13)14-8-5-9-15(18)16(14)19/h4-9,11,17,20H,3,10H2,1-2H3. The lowest BCUT2D eigenvalue weighted by atomic mass is 9.96. The number of benzene rings is 2. The van der Waals surface area contributed by atoms with Crippen molar-refractivity contribution in [2.75, 3.05) is 6.54 Å². The van der Waals surface area contributed by atoms with Gasteiger partial charge in [-0.25, -0.2) is 8.78 Å². The number of hydrogen-bond donors (Lipinski definition) is 1. The van der Waals surface area contributed by atoms with E-state index in [2.05, 4.69) is 5.32 Å². The van der Waals surface area contributed by atoms with E-state index in [-0.39, 0.29) is 6.04 Å². The molecule has 106 valence electrons. The van der Waals surface area contributed by atoms with Crippen molar-refractivity contribution < 1.29 is 8.78 Å². The van der Waals surface area contributed by atoms with Crippen LogP contribution in [-0.4, -0.2) is 6.54 Å². The molecule has 0 fully saturated rings. The fraction of sp³-hybridized carbons (Fsp3) is 0.294.